The summed E-state index contributed by atoms with van der Waals surface area (Å²) in [4.78, 5) is 23.7. The molecule has 0 aliphatic rings. The van der Waals surface area contributed by atoms with Crippen LogP contribution in [-0.2, 0) is 15.2 Å². The maximum absolute atomic E-state index is 13.0. The summed E-state index contributed by atoms with van der Waals surface area (Å²) >= 11 is 0. The first kappa shape index (κ1) is 20.8. The SMILES string of the molecule is O=C(O)COc1ccccc1/C=N/NC(=O)C(O)(c1ccccc1)c1ccccc1. The van der Waals surface area contributed by atoms with Crippen LogP contribution in [-0.4, -0.2) is 34.9 Å². The van der Waals surface area contributed by atoms with Crippen LogP contribution in [0.15, 0.2) is 90.0 Å². The normalized spacial score (nSPS) is 11.2. The molecule has 7 heteroatoms. The lowest BCUT2D eigenvalue weighted by molar-refractivity contribution is -0.139. The third kappa shape index (κ3) is 4.71. The van der Waals surface area contributed by atoms with Crippen LogP contribution in [0.1, 0.15) is 16.7 Å². The average Bonchev–Trinajstić information content (AvgIpc) is 2.79. The van der Waals surface area contributed by atoms with Crippen LogP contribution < -0.4 is 10.2 Å². The molecule has 152 valence electrons. The van der Waals surface area contributed by atoms with E-state index in [-0.39, 0.29) is 0 Å². The topological polar surface area (TPSA) is 108 Å². The lowest BCUT2D eigenvalue weighted by atomic mass is 9.85. The lowest BCUT2D eigenvalue weighted by Crippen LogP contribution is -2.43. The van der Waals surface area contributed by atoms with Crippen molar-refractivity contribution in [2.75, 3.05) is 6.61 Å². The number of carboxylic acid groups (broad SMARTS) is 1. The van der Waals surface area contributed by atoms with Crippen LogP contribution in [0.4, 0.5) is 0 Å². The van der Waals surface area contributed by atoms with Gasteiger partial charge in [0, 0.05) is 5.56 Å². The number of carbonyl (C=O) groups is 2. The van der Waals surface area contributed by atoms with E-state index >= 15 is 0 Å². The highest BCUT2D eigenvalue weighted by molar-refractivity contribution is 5.91. The summed E-state index contributed by atoms with van der Waals surface area (Å²) in [5, 5.41) is 24.1. The first-order chi connectivity index (χ1) is 14.5. The average molecular weight is 404 g/mol. The zero-order valence-corrected chi connectivity index (χ0v) is 15.9. The molecule has 0 heterocycles. The minimum atomic E-state index is -1.95. The summed E-state index contributed by atoms with van der Waals surface area (Å²) in [6.45, 7) is -0.501. The van der Waals surface area contributed by atoms with E-state index in [2.05, 4.69) is 10.5 Å². The summed E-state index contributed by atoms with van der Waals surface area (Å²) in [5.41, 5.74) is 1.69. The number of hydrazone groups is 1. The van der Waals surface area contributed by atoms with Gasteiger partial charge in [-0.1, -0.05) is 72.8 Å². The summed E-state index contributed by atoms with van der Waals surface area (Å²) in [6.07, 6.45) is 1.32. The summed E-state index contributed by atoms with van der Waals surface area (Å²) in [6, 6.07) is 23.8. The van der Waals surface area contributed by atoms with Crippen molar-refractivity contribution in [3.8, 4) is 5.75 Å². The monoisotopic (exact) mass is 404 g/mol. The van der Waals surface area contributed by atoms with Crippen molar-refractivity contribution in [1.29, 1.82) is 0 Å². The van der Waals surface area contributed by atoms with Gasteiger partial charge in [-0.25, -0.2) is 10.2 Å². The van der Waals surface area contributed by atoms with Crippen LogP contribution in [0.3, 0.4) is 0 Å². The number of para-hydroxylation sites is 1. The molecular weight excluding hydrogens is 384 g/mol. The van der Waals surface area contributed by atoms with Crippen LogP contribution in [0.2, 0.25) is 0 Å². The first-order valence-electron chi connectivity index (χ1n) is 9.12. The number of hydrogen-bond acceptors (Lipinski definition) is 5. The van der Waals surface area contributed by atoms with E-state index in [1.165, 1.54) is 6.21 Å². The Bertz CT molecular complexity index is 996. The highest BCUT2D eigenvalue weighted by Gasteiger charge is 2.39. The van der Waals surface area contributed by atoms with E-state index in [9.17, 15) is 14.7 Å². The van der Waals surface area contributed by atoms with Gasteiger partial charge >= 0.3 is 5.97 Å². The number of ether oxygens (including phenoxy) is 1. The summed E-state index contributed by atoms with van der Waals surface area (Å²) in [7, 11) is 0. The molecule has 0 spiro atoms. The minimum absolute atomic E-state index is 0.305. The molecule has 0 saturated carbocycles. The number of rotatable bonds is 8. The van der Waals surface area contributed by atoms with Crippen molar-refractivity contribution in [1.82, 2.24) is 5.43 Å². The fourth-order valence-corrected chi connectivity index (χ4v) is 2.89. The van der Waals surface area contributed by atoms with Crippen molar-refractivity contribution in [2.24, 2.45) is 5.10 Å². The van der Waals surface area contributed by atoms with Gasteiger partial charge in [0.15, 0.2) is 12.2 Å². The van der Waals surface area contributed by atoms with Crippen molar-refractivity contribution in [3.05, 3.63) is 102 Å². The van der Waals surface area contributed by atoms with Gasteiger partial charge < -0.3 is 14.9 Å². The van der Waals surface area contributed by atoms with Gasteiger partial charge in [0.1, 0.15) is 5.75 Å². The molecule has 0 unspecified atom stereocenters. The van der Waals surface area contributed by atoms with Gasteiger partial charge in [-0.15, -0.1) is 0 Å². The molecule has 3 N–H and O–H groups in total. The molecule has 0 aliphatic heterocycles. The molecule has 0 aromatic heterocycles. The largest absolute Gasteiger partial charge is 0.481 e. The molecule has 30 heavy (non-hydrogen) atoms. The van der Waals surface area contributed by atoms with Crippen molar-refractivity contribution < 1.29 is 24.5 Å². The predicted octanol–water partition coefficient (Wildman–Crippen LogP) is 2.54. The molecule has 0 fully saturated rings. The number of carboxylic acids is 1. The highest BCUT2D eigenvalue weighted by atomic mass is 16.5. The van der Waals surface area contributed by atoms with E-state index in [4.69, 9.17) is 9.84 Å². The van der Waals surface area contributed by atoms with Gasteiger partial charge in [-0.05, 0) is 23.3 Å². The fourth-order valence-electron chi connectivity index (χ4n) is 2.89. The molecule has 3 aromatic carbocycles. The van der Waals surface area contributed by atoms with Crippen molar-refractivity contribution >= 4 is 18.1 Å². The van der Waals surface area contributed by atoms with Crippen molar-refractivity contribution in [2.45, 2.75) is 5.60 Å². The minimum Gasteiger partial charge on any atom is -0.481 e. The van der Waals surface area contributed by atoms with Crippen molar-refractivity contribution in [3.63, 3.8) is 0 Å². The van der Waals surface area contributed by atoms with Crippen LogP contribution in [0, 0.1) is 0 Å². The third-order valence-electron chi connectivity index (χ3n) is 4.35. The molecular formula is C23H20N2O5. The van der Waals surface area contributed by atoms with Crippen LogP contribution >= 0.6 is 0 Å². The first-order valence-corrected chi connectivity index (χ1v) is 9.12. The van der Waals surface area contributed by atoms with E-state index in [0.29, 0.717) is 22.4 Å². The van der Waals surface area contributed by atoms with Gasteiger partial charge in [-0.2, -0.15) is 5.10 Å². The molecule has 3 aromatic rings. The Balaban J connectivity index is 1.84. The molecule has 0 bridgehead atoms. The van der Waals surface area contributed by atoms with Gasteiger partial charge in [0.25, 0.3) is 5.91 Å². The summed E-state index contributed by atoms with van der Waals surface area (Å²) in [5.74, 6) is -1.54. The molecule has 1 amide bonds. The van der Waals surface area contributed by atoms with E-state index in [1.54, 1.807) is 84.9 Å². The Hall–Kier alpha value is -3.97. The number of aliphatic carboxylic acids is 1. The Labute approximate surface area is 173 Å². The molecule has 0 radical (unpaired) electrons. The smallest absolute Gasteiger partial charge is 0.341 e. The fraction of sp³-hybridized carbons (Fsp3) is 0.0870. The quantitative estimate of drug-likeness (QED) is 0.395. The van der Waals surface area contributed by atoms with Crippen LogP contribution in [0.25, 0.3) is 0 Å². The number of amides is 1. The van der Waals surface area contributed by atoms with Gasteiger partial charge in [0.05, 0.1) is 6.21 Å². The number of aliphatic hydroxyl groups is 1. The third-order valence-corrected chi connectivity index (χ3v) is 4.35. The Morgan fingerprint density at radius 3 is 2.00 bits per heavy atom. The number of nitrogens with one attached hydrogen (secondary N) is 1. The van der Waals surface area contributed by atoms with Crippen LogP contribution in [0.5, 0.6) is 5.75 Å². The molecule has 0 saturated heterocycles. The van der Waals surface area contributed by atoms with E-state index in [0.717, 1.165) is 0 Å². The number of nitrogens with zero attached hydrogens (tertiary/aromatic N) is 1. The van der Waals surface area contributed by atoms with Gasteiger partial charge in [-0.3, -0.25) is 4.79 Å². The molecule has 0 aliphatic carbocycles. The highest BCUT2D eigenvalue weighted by Crippen LogP contribution is 2.29. The predicted molar refractivity (Wildman–Crippen MR) is 111 cm³/mol. The zero-order valence-electron chi connectivity index (χ0n) is 15.9. The standard InChI is InChI=1S/C23H20N2O5/c26-21(27)16-30-20-14-8-7-9-17(20)15-24-25-22(28)23(29,18-10-3-1-4-11-18)19-12-5-2-6-13-19/h1-15,29H,16H2,(H,25,28)(H,26,27)/b24-15+. The second kappa shape index (κ2) is 9.49. The number of carbonyl (C=O) groups excluding carboxylic acids is 1. The second-order valence-electron chi connectivity index (χ2n) is 6.36. The number of hydrogen-bond donors (Lipinski definition) is 3. The Morgan fingerprint density at radius 1 is 0.900 bits per heavy atom. The second-order valence-corrected chi connectivity index (χ2v) is 6.36. The maximum Gasteiger partial charge on any atom is 0.341 e. The lowest BCUT2D eigenvalue weighted by Gasteiger charge is -2.27. The Kier molecular flexibility index (Phi) is 6.56. The molecule has 0 atom stereocenters. The Morgan fingerprint density at radius 2 is 1.43 bits per heavy atom. The summed E-state index contributed by atoms with van der Waals surface area (Å²) < 4.78 is 5.21. The maximum atomic E-state index is 13.0. The molecule has 7 nitrogen and oxygen atoms in total. The van der Waals surface area contributed by atoms with E-state index in [1.807, 2.05) is 0 Å². The van der Waals surface area contributed by atoms with Gasteiger partial charge in [0.2, 0.25) is 0 Å². The molecule has 3 rings (SSSR count). The zero-order chi connectivity index (χ0) is 21.4. The van der Waals surface area contributed by atoms with E-state index < -0.39 is 24.1 Å². The number of benzene rings is 3.